The van der Waals surface area contributed by atoms with Crippen molar-refractivity contribution in [1.29, 1.82) is 0 Å². The Kier molecular flexibility index (Phi) is 11.2. The van der Waals surface area contributed by atoms with Crippen LogP contribution >= 0.6 is 0 Å². The summed E-state index contributed by atoms with van der Waals surface area (Å²) in [6, 6.07) is 16.8. The van der Waals surface area contributed by atoms with E-state index in [2.05, 4.69) is 5.32 Å². The Balaban J connectivity index is 2.13. The molecule has 184 valence electrons. The van der Waals surface area contributed by atoms with Crippen molar-refractivity contribution in [3.63, 3.8) is 0 Å². The molecule has 1 amide bonds. The molecule has 0 aliphatic carbocycles. The van der Waals surface area contributed by atoms with Gasteiger partial charge >= 0.3 is 12.1 Å². The number of esters is 1. The second-order valence-corrected chi connectivity index (χ2v) is 7.96. The summed E-state index contributed by atoms with van der Waals surface area (Å²) in [5, 5.41) is 2.68. The molecule has 0 spiro atoms. The summed E-state index contributed by atoms with van der Waals surface area (Å²) in [6.07, 6.45) is -1.90. The van der Waals surface area contributed by atoms with Crippen LogP contribution in [-0.2, 0) is 19.1 Å². The van der Waals surface area contributed by atoms with Crippen LogP contribution in [0.2, 0.25) is 0 Å². The van der Waals surface area contributed by atoms with Gasteiger partial charge in [-0.25, -0.2) is 9.18 Å². The Morgan fingerprint density at radius 3 is 2.06 bits per heavy atom. The van der Waals surface area contributed by atoms with Gasteiger partial charge in [-0.3, -0.25) is 9.59 Å². The van der Waals surface area contributed by atoms with E-state index in [9.17, 15) is 18.8 Å². The maximum atomic E-state index is 14.4. The molecule has 0 saturated heterocycles. The molecule has 2 aromatic rings. The predicted octanol–water partition coefficient (Wildman–Crippen LogP) is 3.90. The van der Waals surface area contributed by atoms with Crippen molar-refractivity contribution in [2.24, 2.45) is 5.73 Å². The summed E-state index contributed by atoms with van der Waals surface area (Å²) in [4.78, 5) is 37.0. The normalized spacial score (nSPS) is 13.6. The van der Waals surface area contributed by atoms with E-state index in [1.165, 1.54) is 7.11 Å². The van der Waals surface area contributed by atoms with Crippen LogP contribution in [0.25, 0.3) is 0 Å². The third-order valence-electron chi connectivity index (χ3n) is 5.50. The zero-order valence-corrected chi connectivity index (χ0v) is 19.6. The van der Waals surface area contributed by atoms with Gasteiger partial charge in [0.1, 0.15) is 18.3 Å². The van der Waals surface area contributed by atoms with Gasteiger partial charge in [-0.15, -0.1) is 0 Å². The molecule has 0 aliphatic heterocycles. The van der Waals surface area contributed by atoms with Gasteiger partial charge in [0.15, 0.2) is 5.78 Å². The Morgan fingerprint density at radius 1 is 1.00 bits per heavy atom. The topological polar surface area (TPSA) is 108 Å². The van der Waals surface area contributed by atoms with Gasteiger partial charge in [-0.2, -0.15) is 0 Å². The molecule has 3 N–H and O–H groups in total. The molecular formula is C26H33FN2O5. The largest absolute Gasteiger partial charge is 0.465 e. The van der Waals surface area contributed by atoms with Gasteiger partial charge in [0, 0.05) is 18.8 Å². The number of Topliss-reactive ketones (excluding diaryl/α,β-unsaturated/α-hetero) is 1. The monoisotopic (exact) mass is 472 g/mol. The maximum Gasteiger partial charge on any atom is 0.407 e. The van der Waals surface area contributed by atoms with Gasteiger partial charge in [0.05, 0.1) is 13.7 Å². The van der Waals surface area contributed by atoms with Crippen molar-refractivity contribution in [3.05, 3.63) is 71.8 Å². The summed E-state index contributed by atoms with van der Waals surface area (Å²) < 4.78 is 23.9. The van der Waals surface area contributed by atoms with Crippen LogP contribution in [0, 0.1) is 0 Å². The van der Waals surface area contributed by atoms with Crippen molar-refractivity contribution in [2.75, 3.05) is 13.7 Å². The molecule has 0 heterocycles. The lowest BCUT2D eigenvalue weighted by atomic mass is 9.82. The molecule has 0 aromatic heterocycles. The minimum Gasteiger partial charge on any atom is -0.465 e. The summed E-state index contributed by atoms with van der Waals surface area (Å²) in [7, 11) is 1.23. The fourth-order valence-electron chi connectivity index (χ4n) is 3.83. The number of hydrogen-bond acceptors (Lipinski definition) is 6. The van der Waals surface area contributed by atoms with E-state index in [4.69, 9.17) is 15.2 Å². The quantitative estimate of drug-likeness (QED) is 0.428. The van der Waals surface area contributed by atoms with E-state index in [0.29, 0.717) is 0 Å². The first kappa shape index (κ1) is 27.0. The zero-order valence-electron chi connectivity index (χ0n) is 19.6. The zero-order chi connectivity index (χ0) is 24.9. The highest BCUT2D eigenvalue weighted by Gasteiger charge is 2.32. The number of carbonyl (C=O) groups is 3. The fourth-order valence-corrected chi connectivity index (χ4v) is 3.83. The molecule has 2 rings (SSSR count). The first-order valence-electron chi connectivity index (χ1n) is 11.4. The first-order chi connectivity index (χ1) is 16.4. The number of ketones is 1. The number of amides is 1. The predicted molar refractivity (Wildman–Crippen MR) is 127 cm³/mol. The van der Waals surface area contributed by atoms with E-state index in [1.807, 2.05) is 60.7 Å². The van der Waals surface area contributed by atoms with E-state index < -0.39 is 36.2 Å². The van der Waals surface area contributed by atoms with Gasteiger partial charge in [0.2, 0.25) is 0 Å². The summed E-state index contributed by atoms with van der Waals surface area (Å²) in [6.45, 7) is 1.83. The van der Waals surface area contributed by atoms with Gasteiger partial charge in [-0.1, -0.05) is 60.7 Å². The fraction of sp³-hybridized carbons (Fsp3) is 0.423. The maximum absolute atomic E-state index is 14.4. The van der Waals surface area contributed by atoms with Gasteiger partial charge in [-0.05, 0) is 30.9 Å². The first-order valence-corrected chi connectivity index (χ1v) is 11.4. The number of benzene rings is 2. The van der Waals surface area contributed by atoms with E-state index in [-0.39, 0.29) is 38.1 Å². The van der Waals surface area contributed by atoms with Crippen LogP contribution in [0.15, 0.2) is 60.7 Å². The molecule has 3 atom stereocenters. The molecule has 0 fully saturated rings. The smallest absolute Gasteiger partial charge is 0.407 e. The average Bonchev–Trinajstić information content (AvgIpc) is 2.84. The van der Waals surface area contributed by atoms with Crippen LogP contribution in [0.1, 0.15) is 49.7 Å². The number of ether oxygens (including phenoxy) is 2. The molecule has 0 radical (unpaired) electrons. The molecule has 1 unspecified atom stereocenters. The van der Waals surface area contributed by atoms with Crippen LogP contribution in [0.3, 0.4) is 0 Å². The highest BCUT2D eigenvalue weighted by molar-refractivity contribution is 5.89. The molecule has 0 aliphatic rings. The Morgan fingerprint density at radius 2 is 1.56 bits per heavy atom. The minimum atomic E-state index is -1.35. The van der Waals surface area contributed by atoms with E-state index in [0.717, 1.165) is 11.1 Å². The number of carbonyl (C=O) groups excluding carboxylic acids is 3. The van der Waals surface area contributed by atoms with Crippen molar-refractivity contribution in [3.8, 4) is 0 Å². The Bertz CT molecular complexity index is 870. The molecule has 0 bridgehead atoms. The number of alkyl carbamates (subject to hydrolysis) is 1. The van der Waals surface area contributed by atoms with Crippen molar-refractivity contribution >= 4 is 17.8 Å². The Labute approximate surface area is 199 Å². The summed E-state index contributed by atoms with van der Waals surface area (Å²) in [5.41, 5.74) is 7.39. The number of halogens is 1. The lowest BCUT2D eigenvalue weighted by Crippen LogP contribution is -2.45. The highest BCUT2D eigenvalue weighted by atomic mass is 19.1. The highest BCUT2D eigenvalue weighted by Crippen LogP contribution is 2.30. The summed E-state index contributed by atoms with van der Waals surface area (Å²) >= 11 is 0. The van der Waals surface area contributed by atoms with Crippen LogP contribution in [0.4, 0.5) is 9.18 Å². The minimum absolute atomic E-state index is 0.0416. The third kappa shape index (κ3) is 8.26. The molecule has 7 nitrogen and oxygen atoms in total. The summed E-state index contributed by atoms with van der Waals surface area (Å²) in [5.74, 6) is -1.34. The third-order valence-corrected chi connectivity index (χ3v) is 5.50. The van der Waals surface area contributed by atoms with Crippen LogP contribution < -0.4 is 11.1 Å². The standard InChI is InChI=1S/C26H33FN2O5/c1-3-34-25(31)21(28)17-20(27)15-10-16-22(30)24(29-26(32)33-2)23(18-11-6-4-7-12-18)19-13-8-5-9-14-19/h4-9,11-14,20-21,23-24H,3,10,15-17,28H2,1-2H3,(H,29,32)/t20?,21-,24+/m0/s1. The lowest BCUT2D eigenvalue weighted by molar-refractivity contribution is -0.145. The molecule has 2 aromatic carbocycles. The second-order valence-electron chi connectivity index (χ2n) is 7.96. The number of rotatable bonds is 13. The molecule has 0 saturated carbocycles. The molecular weight excluding hydrogens is 439 g/mol. The number of alkyl halides is 1. The second kappa shape index (κ2) is 14.1. The Hall–Kier alpha value is -3.26. The number of methoxy groups -OCH3 is 1. The van der Waals surface area contributed by atoms with Crippen LogP contribution in [0.5, 0.6) is 0 Å². The van der Waals surface area contributed by atoms with Crippen molar-refractivity contribution in [1.82, 2.24) is 5.32 Å². The molecule has 8 heteroatoms. The van der Waals surface area contributed by atoms with Crippen molar-refractivity contribution < 1.29 is 28.2 Å². The van der Waals surface area contributed by atoms with Crippen molar-refractivity contribution in [2.45, 2.75) is 56.8 Å². The number of nitrogens with two attached hydrogens (primary N) is 1. The van der Waals surface area contributed by atoms with Gasteiger partial charge < -0.3 is 20.5 Å². The van der Waals surface area contributed by atoms with E-state index >= 15 is 0 Å². The van der Waals surface area contributed by atoms with E-state index in [1.54, 1.807) is 6.92 Å². The average molecular weight is 473 g/mol. The number of nitrogens with one attached hydrogen (secondary N) is 1. The molecule has 34 heavy (non-hydrogen) atoms. The van der Waals surface area contributed by atoms with Gasteiger partial charge in [0.25, 0.3) is 0 Å². The SMILES string of the molecule is CCOC(=O)[C@@H](N)CC(F)CCCC(=O)[C@@H](NC(=O)OC)C(c1ccccc1)c1ccccc1. The number of hydrogen-bond donors (Lipinski definition) is 2. The lowest BCUT2D eigenvalue weighted by Gasteiger charge is -2.28. The van der Waals surface area contributed by atoms with Crippen LogP contribution in [-0.4, -0.2) is 49.8 Å².